The minimum Gasteiger partial charge on any atom is -0.396 e. The third-order valence-electron chi connectivity index (χ3n) is 2.63. The van der Waals surface area contributed by atoms with E-state index in [0.717, 1.165) is 30.5 Å². The maximum atomic E-state index is 8.65. The van der Waals surface area contributed by atoms with Gasteiger partial charge in [-0.25, -0.2) is 4.98 Å². The van der Waals surface area contributed by atoms with Crippen LogP contribution in [-0.4, -0.2) is 27.8 Å². The molecule has 0 fully saturated rings. The van der Waals surface area contributed by atoms with Gasteiger partial charge in [-0.15, -0.1) is 0 Å². The lowest BCUT2D eigenvalue weighted by atomic mass is 10.2. The summed E-state index contributed by atoms with van der Waals surface area (Å²) in [6, 6.07) is 6.29. The Labute approximate surface area is 94.9 Å². The molecule has 0 aliphatic rings. The smallest absolute Gasteiger partial charge is 0.0955 e. The molecule has 0 saturated heterocycles. The van der Waals surface area contributed by atoms with Gasteiger partial charge in [-0.3, -0.25) is 0 Å². The van der Waals surface area contributed by atoms with Crippen molar-refractivity contribution in [2.24, 2.45) is 7.05 Å². The van der Waals surface area contributed by atoms with Crippen molar-refractivity contribution < 1.29 is 5.11 Å². The summed E-state index contributed by atoms with van der Waals surface area (Å²) in [4.78, 5) is 4.32. The zero-order chi connectivity index (χ0) is 11.4. The van der Waals surface area contributed by atoms with Crippen molar-refractivity contribution >= 4 is 11.0 Å². The third-order valence-corrected chi connectivity index (χ3v) is 2.63. The molecular weight excluding hydrogens is 202 g/mol. The fraction of sp³-hybridized carbons (Fsp3) is 0.417. The Balaban J connectivity index is 2.02. The highest BCUT2D eigenvalue weighted by atomic mass is 16.3. The van der Waals surface area contributed by atoms with Gasteiger partial charge in [0.05, 0.1) is 17.4 Å². The minimum absolute atomic E-state index is 0.242. The number of nitrogens with one attached hydrogen (secondary N) is 1. The second kappa shape index (κ2) is 5.09. The first kappa shape index (κ1) is 11.1. The lowest BCUT2D eigenvalue weighted by Crippen LogP contribution is -2.15. The van der Waals surface area contributed by atoms with E-state index in [4.69, 9.17) is 5.11 Å². The lowest BCUT2D eigenvalue weighted by molar-refractivity contribution is 0.286. The van der Waals surface area contributed by atoms with Gasteiger partial charge < -0.3 is 15.0 Å². The number of nitrogens with zero attached hydrogens (tertiary/aromatic N) is 2. The molecule has 16 heavy (non-hydrogen) atoms. The Hall–Kier alpha value is -1.39. The van der Waals surface area contributed by atoms with Crippen molar-refractivity contribution in [1.82, 2.24) is 14.9 Å². The zero-order valence-corrected chi connectivity index (χ0v) is 9.48. The highest BCUT2D eigenvalue weighted by Gasteiger charge is 2.00. The van der Waals surface area contributed by atoms with Crippen molar-refractivity contribution in [2.45, 2.75) is 13.0 Å². The van der Waals surface area contributed by atoms with Crippen LogP contribution in [0, 0.1) is 0 Å². The fourth-order valence-electron chi connectivity index (χ4n) is 1.73. The summed E-state index contributed by atoms with van der Waals surface area (Å²) in [5, 5.41) is 11.9. The summed E-state index contributed by atoms with van der Waals surface area (Å²) in [5.41, 5.74) is 3.41. The molecule has 0 bridgehead atoms. The summed E-state index contributed by atoms with van der Waals surface area (Å²) in [5.74, 6) is 0. The van der Waals surface area contributed by atoms with E-state index in [0.29, 0.717) is 0 Å². The van der Waals surface area contributed by atoms with Crippen LogP contribution in [0.3, 0.4) is 0 Å². The first-order valence-electron chi connectivity index (χ1n) is 5.53. The molecule has 4 heteroatoms. The Bertz CT molecular complexity index is 464. The highest BCUT2D eigenvalue weighted by Crippen LogP contribution is 2.13. The quantitative estimate of drug-likeness (QED) is 0.739. The SMILES string of the molecule is Cn1cnc2cc(CNCCCO)ccc21. The van der Waals surface area contributed by atoms with Gasteiger partial charge in [0.2, 0.25) is 0 Å². The number of benzene rings is 1. The van der Waals surface area contributed by atoms with Gasteiger partial charge in [-0.1, -0.05) is 6.07 Å². The average molecular weight is 219 g/mol. The van der Waals surface area contributed by atoms with Gasteiger partial charge in [0.25, 0.3) is 0 Å². The van der Waals surface area contributed by atoms with Crippen LogP contribution in [0.25, 0.3) is 11.0 Å². The van der Waals surface area contributed by atoms with Crippen LogP contribution >= 0.6 is 0 Å². The number of rotatable bonds is 5. The second-order valence-corrected chi connectivity index (χ2v) is 3.93. The predicted octanol–water partition coefficient (Wildman–Crippen LogP) is 1.05. The standard InChI is InChI=1S/C12H17N3O/c1-15-9-14-11-7-10(3-4-12(11)15)8-13-5-2-6-16/h3-4,7,9,13,16H,2,5-6,8H2,1H3. The first-order valence-corrected chi connectivity index (χ1v) is 5.53. The summed E-state index contributed by atoms with van der Waals surface area (Å²) in [7, 11) is 1.99. The van der Waals surface area contributed by atoms with Gasteiger partial charge in [-0.05, 0) is 30.7 Å². The van der Waals surface area contributed by atoms with Crippen molar-refractivity contribution in [3.63, 3.8) is 0 Å². The van der Waals surface area contributed by atoms with E-state index in [2.05, 4.69) is 28.5 Å². The van der Waals surface area contributed by atoms with E-state index in [-0.39, 0.29) is 6.61 Å². The molecule has 1 aromatic heterocycles. The molecule has 4 nitrogen and oxygen atoms in total. The Morgan fingerprint density at radius 1 is 1.44 bits per heavy atom. The predicted molar refractivity (Wildman–Crippen MR) is 64.1 cm³/mol. The Kier molecular flexibility index (Phi) is 3.54. The molecule has 0 amide bonds. The van der Waals surface area contributed by atoms with E-state index in [1.54, 1.807) is 0 Å². The summed E-state index contributed by atoms with van der Waals surface area (Å²) in [6.45, 7) is 1.91. The first-order chi connectivity index (χ1) is 7.81. The largest absolute Gasteiger partial charge is 0.396 e. The van der Waals surface area contributed by atoms with Crippen LogP contribution in [0.5, 0.6) is 0 Å². The molecule has 0 unspecified atom stereocenters. The number of fused-ring (bicyclic) bond motifs is 1. The van der Waals surface area contributed by atoms with E-state index in [1.807, 2.05) is 17.9 Å². The van der Waals surface area contributed by atoms with Gasteiger partial charge >= 0.3 is 0 Å². The maximum Gasteiger partial charge on any atom is 0.0955 e. The molecule has 0 saturated carbocycles. The molecule has 0 radical (unpaired) electrons. The second-order valence-electron chi connectivity index (χ2n) is 3.93. The van der Waals surface area contributed by atoms with E-state index < -0.39 is 0 Å². The molecule has 1 heterocycles. The molecule has 0 atom stereocenters. The number of hydrogen-bond donors (Lipinski definition) is 2. The number of aromatic nitrogens is 2. The zero-order valence-electron chi connectivity index (χ0n) is 9.48. The summed E-state index contributed by atoms with van der Waals surface area (Å²) >= 11 is 0. The van der Waals surface area contributed by atoms with Crippen molar-refractivity contribution in [3.05, 3.63) is 30.1 Å². The maximum absolute atomic E-state index is 8.65. The molecular formula is C12H17N3O. The molecule has 2 aromatic rings. The van der Waals surface area contributed by atoms with Crippen LogP contribution in [0.2, 0.25) is 0 Å². The average Bonchev–Trinajstić information content (AvgIpc) is 2.66. The van der Waals surface area contributed by atoms with Crippen molar-refractivity contribution in [2.75, 3.05) is 13.2 Å². The minimum atomic E-state index is 0.242. The summed E-state index contributed by atoms with van der Waals surface area (Å²) in [6.07, 6.45) is 2.62. The van der Waals surface area contributed by atoms with Gasteiger partial charge in [0.1, 0.15) is 0 Å². The number of aliphatic hydroxyl groups excluding tert-OH is 1. The van der Waals surface area contributed by atoms with Gasteiger partial charge in [-0.2, -0.15) is 0 Å². The highest BCUT2D eigenvalue weighted by molar-refractivity contribution is 5.75. The van der Waals surface area contributed by atoms with E-state index in [1.165, 1.54) is 5.56 Å². The number of aliphatic hydroxyl groups is 1. The summed E-state index contributed by atoms with van der Waals surface area (Å²) < 4.78 is 2.01. The van der Waals surface area contributed by atoms with Crippen molar-refractivity contribution in [1.29, 1.82) is 0 Å². The monoisotopic (exact) mass is 219 g/mol. The van der Waals surface area contributed by atoms with Crippen molar-refractivity contribution in [3.8, 4) is 0 Å². The van der Waals surface area contributed by atoms with Crippen LogP contribution in [0.1, 0.15) is 12.0 Å². The Morgan fingerprint density at radius 2 is 2.31 bits per heavy atom. The van der Waals surface area contributed by atoms with Crippen LogP contribution in [0.15, 0.2) is 24.5 Å². The van der Waals surface area contributed by atoms with Crippen LogP contribution in [0.4, 0.5) is 0 Å². The number of hydrogen-bond acceptors (Lipinski definition) is 3. The molecule has 86 valence electrons. The molecule has 0 aliphatic heterocycles. The fourth-order valence-corrected chi connectivity index (χ4v) is 1.73. The lowest BCUT2D eigenvalue weighted by Gasteiger charge is -2.04. The number of aryl methyl sites for hydroxylation is 1. The van der Waals surface area contributed by atoms with Crippen LogP contribution < -0.4 is 5.32 Å². The molecule has 0 spiro atoms. The molecule has 2 rings (SSSR count). The van der Waals surface area contributed by atoms with Crippen LogP contribution in [-0.2, 0) is 13.6 Å². The van der Waals surface area contributed by atoms with Gasteiger partial charge in [0.15, 0.2) is 0 Å². The molecule has 1 aromatic carbocycles. The van der Waals surface area contributed by atoms with E-state index in [9.17, 15) is 0 Å². The Morgan fingerprint density at radius 3 is 3.12 bits per heavy atom. The topological polar surface area (TPSA) is 50.1 Å². The normalized spacial score (nSPS) is 11.1. The molecule has 0 aliphatic carbocycles. The number of imidazole rings is 1. The molecule has 2 N–H and O–H groups in total. The van der Waals surface area contributed by atoms with E-state index >= 15 is 0 Å². The van der Waals surface area contributed by atoms with Gasteiger partial charge in [0, 0.05) is 20.2 Å². The third kappa shape index (κ3) is 2.40.